The number of likely N-dealkylation sites (tertiary alicyclic amines) is 1. The number of nitrogens with one attached hydrogen (secondary N) is 1. The predicted octanol–water partition coefficient (Wildman–Crippen LogP) is 0.914. The average Bonchev–Trinajstić information content (AvgIpc) is 3.02. The van der Waals surface area contributed by atoms with E-state index >= 15 is 0 Å². The van der Waals surface area contributed by atoms with E-state index in [1.165, 1.54) is 24.9 Å². The number of nitrogens with zero attached hydrogens (tertiary/aromatic N) is 3. The van der Waals surface area contributed by atoms with E-state index in [0.29, 0.717) is 18.5 Å². The van der Waals surface area contributed by atoms with E-state index in [0.717, 1.165) is 13.1 Å². The molecule has 1 atom stereocenters. The lowest BCUT2D eigenvalue weighted by atomic mass is 10.2. The summed E-state index contributed by atoms with van der Waals surface area (Å²) in [6, 6.07) is 2.67. The summed E-state index contributed by atoms with van der Waals surface area (Å²) in [7, 11) is 2.01. The van der Waals surface area contributed by atoms with Crippen LogP contribution in [0.2, 0.25) is 0 Å². The van der Waals surface area contributed by atoms with Gasteiger partial charge in [0.25, 0.3) is 0 Å². The van der Waals surface area contributed by atoms with Gasteiger partial charge in [-0.3, -0.25) is 4.90 Å². The lowest BCUT2D eigenvalue weighted by Gasteiger charge is -2.23. The number of aliphatic imine (C=N–C) groups is 1. The predicted molar refractivity (Wildman–Crippen MR) is 79.0 cm³/mol. The molecule has 1 fully saturated rings. The Morgan fingerprint density at radius 2 is 2.42 bits per heavy atom. The maximum absolute atomic E-state index is 5.91. The lowest BCUT2D eigenvalue weighted by molar-refractivity contribution is 0.267. The maximum atomic E-state index is 5.91. The summed E-state index contributed by atoms with van der Waals surface area (Å²) in [6.45, 7) is 6.09. The monoisotopic (exact) mass is 263 g/mol. The molecule has 2 heterocycles. The molecular weight excluding hydrogens is 238 g/mol. The van der Waals surface area contributed by atoms with Gasteiger partial charge in [0.05, 0.1) is 6.54 Å². The van der Waals surface area contributed by atoms with Gasteiger partial charge >= 0.3 is 0 Å². The van der Waals surface area contributed by atoms with Gasteiger partial charge in [0.1, 0.15) is 0 Å². The van der Waals surface area contributed by atoms with Crippen LogP contribution >= 0.6 is 0 Å². The van der Waals surface area contributed by atoms with E-state index in [4.69, 9.17) is 5.73 Å². The molecule has 0 bridgehead atoms. The van der Waals surface area contributed by atoms with Gasteiger partial charge in [-0.25, -0.2) is 4.99 Å². The fraction of sp³-hybridized carbons (Fsp3) is 0.643. The Kier molecular flexibility index (Phi) is 4.85. The van der Waals surface area contributed by atoms with Gasteiger partial charge in [-0.15, -0.1) is 0 Å². The molecule has 0 aliphatic carbocycles. The standard InChI is InChI=1S/C14H25N5/c1-3-19-7-4-5-13(19)10-17-14(15)16-9-12-6-8-18(2)11-12/h6,8,11,13H,3-5,7,9-10H2,1-2H3,(H3,15,16,17). The zero-order valence-electron chi connectivity index (χ0n) is 12.0. The highest BCUT2D eigenvalue weighted by Gasteiger charge is 2.22. The Hall–Kier alpha value is -1.49. The zero-order chi connectivity index (χ0) is 13.7. The van der Waals surface area contributed by atoms with Crippen molar-refractivity contribution in [2.45, 2.75) is 32.4 Å². The first-order valence-corrected chi connectivity index (χ1v) is 7.07. The van der Waals surface area contributed by atoms with Gasteiger partial charge in [-0.05, 0) is 37.6 Å². The Morgan fingerprint density at radius 3 is 3.11 bits per heavy atom. The Bertz CT molecular complexity index is 423. The van der Waals surface area contributed by atoms with Crippen LogP contribution in [0, 0.1) is 0 Å². The van der Waals surface area contributed by atoms with Crippen LogP contribution in [0.3, 0.4) is 0 Å². The molecule has 0 amide bonds. The molecule has 1 aromatic rings. The number of aryl methyl sites for hydroxylation is 1. The highest BCUT2D eigenvalue weighted by molar-refractivity contribution is 5.77. The van der Waals surface area contributed by atoms with Crippen molar-refractivity contribution in [3.05, 3.63) is 24.0 Å². The molecule has 1 unspecified atom stereocenters. The smallest absolute Gasteiger partial charge is 0.188 e. The fourth-order valence-corrected chi connectivity index (χ4v) is 2.65. The second-order valence-corrected chi connectivity index (χ2v) is 5.19. The van der Waals surface area contributed by atoms with Crippen LogP contribution < -0.4 is 11.1 Å². The highest BCUT2D eigenvalue weighted by Crippen LogP contribution is 2.15. The summed E-state index contributed by atoms with van der Waals surface area (Å²) >= 11 is 0. The van der Waals surface area contributed by atoms with Gasteiger partial charge in [0.15, 0.2) is 5.96 Å². The molecule has 0 spiro atoms. The van der Waals surface area contributed by atoms with Crippen molar-refractivity contribution in [2.75, 3.05) is 19.6 Å². The van der Waals surface area contributed by atoms with Crippen LogP contribution in [0.15, 0.2) is 23.5 Å². The minimum absolute atomic E-state index is 0.548. The molecule has 0 radical (unpaired) electrons. The number of aromatic nitrogens is 1. The van der Waals surface area contributed by atoms with Gasteiger partial charge in [-0.2, -0.15) is 0 Å². The third-order valence-electron chi connectivity index (χ3n) is 3.75. The van der Waals surface area contributed by atoms with Crippen molar-refractivity contribution in [2.24, 2.45) is 17.8 Å². The lowest BCUT2D eigenvalue weighted by Crippen LogP contribution is -2.42. The van der Waals surface area contributed by atoms with Gasteiger partial charge in [-0.1, -0.05) is 6.92 Å². The summed E-state index contributed by atoms with van der Waals surface area (Å²) in [5.74, 6) is 0.548. The van der Waals surface area contributed by atoms with Crippen molar-refractivity contribution in [1.82, 2.24) is 14.8 Å². The van der Waals surface area contributed by atoms with E-state index in [1.807, 2.05) is 17.8 Å². The van der Waals surface area contributed by atoms with Crippen LogP contribution in [0.25, 0.3) is 0 Å². The quantitative estimate of drug-likeness (QED) is 0.613. The molecule has 1 aliphatic rings. The summed E-state index contributed by atoms with van der Waals surface area (Å²) in [5, 5.41) is 3.25. The summed E-state index contributed by atoms with van der Waals surface area (Å²) in [4.78, 5) is 6.87. The van der Waals surface area contributed by atoms with Crippen LogP contribution in [0.5, 0.6) is 0 Å². The van der Waals surface area contributed by atoms with E-state index in [2.05, 4.69) is 34.4 Å². The SMILES string of the molecule is CCN1CCCC1CNC(N)=NCc1ccn(C)c1. The first kappa shape index (κ1) is 13.9. The van der Waals surface area contributed by atoms with Crippen LogP contribution in [0.4, 0.5) is 0 Å². The summed E-state index contributed by atoms with van der Waals surface area (Å²) in [6.07, 6.45) is 6.63. The molecule has 0 aromatic carbocycles. The second-order valence-electron chi connectivity index (χ2n) is 5.19. The highest BCUT2D eigenvalue weighted by atomic mass is 15.2. The molecule has 0 saturated carbocycles. The summed E-state index contributed by atoms with van der Waals surface area (Å²) in [5.41, 5.74) is 7.09. The Morgan fingerprint density at radius 1 is 1.58 bits per heavy atom. The average molecular weight is 263 g/mol. The second kappa shape index (κ2) is 6.61. The van der Waals surface area contributed by atoms with Crippen molar-refractivity contribution < 1.29 is 0 Å². The van der Waals surface area contributed by atoms with Gasteiger partial charge in [0.2, 0.25) is 0 Å². The van der Waals surface area contributed by atoms with Crippen LogP contribution in [-0.2, 0) is 13.6 Å². The number of hydrogen-bond acceptors (Lipinski definition) is 2. The molecule has 2 rings (SSSR count). The largest absolute Gasteiger partial charge is 0.370 e. The number of nitrogens with two attached hydrogens (primary N) is 1. The first-order valence-electron chi connectivity index (χ1n) is 7.07. The number of rotatable bonds is 5. The third-order valence-corrected chi connectivity index (χ3v) is 3.75. The summed E-state index contributed by atoms with van der Waals surface area (Å²) < 4.78 is 2.02. The Balaban J connectivity index is 1.76. The van der Waals surface area contributed by atoms with Crippen molar-refractivity contribution in [3.63, 3.8) is 0 Å². The van der Waals surface area contributed by atoms with Crippen LogP contribution in [0.1, 0.15) is 25.3 Å². The third kappa shape index (κ3) is 3.99. The molecule has 106 valence electrons. The van der Waals surface area contributed by atoms with Crippen molar-refractivity contribution >= 4 is 5.96 Å². The molecule has 5 heteroatoms. The van der Waals surface area contributed by atoms with E-state index in [-0.39, 0.29) is 0 Å². The van der Waals surface area contributed by atoms with E-state index in [1.54, 1.807) is 0 Å². The van der Waals surface area contributed by atoms with Crippen molar-refractivity contribution in [1.29, 1.82) is 0 Å². The van der Waals surface area contributed by atoms with E-state index < -0.39 is 0 Å². The zero-order valence-corrected chi connectivity index (χ0v) is 12.0. The topological polar surface area (TPSA) is 58.6 Å². The van der Waals surface area contributed by atoms with Crippen LogP contribution in [-0.4, -0.2) is 41.1 Å². The minimum atomic E-state index is 0.548. The molecule has 19 heavy (non-hydrogen) atoms. The molecular formula is C14H25N5. The van der Waals surface area contributed by atoms with Crippen molar-refractivity contribution in [3.8, 4) is 0 Å². The van der Waals surface area contributed by atoms with Gasteiger partial charge in [0, 0.05) is 32.0 Å². The Labute approximate surface area is 115 Å². The molecule has 1 saturated heterocycles. The molecule has 1 aromatic heterocycles. The minimum Gasteiger partial charge on any atom is -0.370 e. The number of likely N-dealkylation sites (N-methyl/N-ethyl adjacent to an activating group) is 1. The number of guanidine groups is 1. The first-order chi connectivity index (χ1) is 9.19. The van der Waals surface area contributed by atoms with E-state index in [9.17, 15) is 0 Å². The number of hydrogen-bond donors (Lipinski definition) is 2. The normalized spacial score (nSPS) is 20.9. The molecule has 3 N–H and O–H groups in total. The fourth-order valence-electron chi connectivity index (χ4n) is 2.65. The maximum Gasteiger partial charge on any atom is 0.188 e. The van der Waals surface area contributed by atoms with Gasteiger partial charge < -0.3 is 15.6 Å². The molecule has 5 nitrogen and oxygen atoms in total. The molecule has 1 aliphatic heterocycles.